The van der Waals surface area contributed by atoms with Gasteiger partial charge in [0.05, 0.1) is 16.2 Å². The molecule has 0 aliphatic rings. The van der Waals surface area contributed by atoms with Gasteiger partial charge in [0.15, 0.2) is 5.11 Å². The van der Waals surface area contributed by atoms with Crippen LogP contribution in [0.3, 0.4) is 0 Å². The molecule has 0 saturated heterocycles. The lowest BCUT2D eigenvalue weighted by Crippen LogP contribution is -2.21. The fourth-order valence-electron chi connectivity index (χ4n) is 1.12. The van der Waals surface area contributed by atoms with Crippen molar-refractivity contribution in [2.45, 2.75) is 6.18 Å². The molecule has 17 heavy (non-hydrogen) atoms. The van der Waals surface area contributed by atoms with Crippen LogP contribution in [0.4, 0.5) is 24.5 Å². The van der Waals surface area contributed by atoms with Gasteiger partial charge < -0.3 is 11.1 Å². The number of anilines is 1. The summed E-state index contributed by atoms with van der Waals surface area (Å²) >= 11 is 4.41. The maximum absolute atomic E-state index is 12.6. The van der Waals surface area contributed by atoms with Crippen molar-refractivity contribution in [2.24, 2.45) is 5.73 Å². The van der Waals surface area contributed by atoms with Crippen LogP contribution in [0, 0.1) is 10.1 Å². The molecular weight excluding hydrogens is 259 g/mol. The van der Waals surface area contributed by atoms with Crippen molar-refractivity contribution >= 4 is 28.7 Å². The minimum atomic E-state index is -4.74. The second-order valence-electron chi connectivity index (χ2n) is 2.97. The molecule has 0 amide bonds. The van der Waals surface area contributed by atoms with Crippen molar-refractivity contribution in [1.29, 1.82) is 0 Å². The summed E-state index contributed by atoms with van der Waals surface area (Å²) in [5.74, 6) is 0. The summed E-state index contributed by atoms with van der Waals surface area (Å²) < 4.78 is 37.8. The van der Waals surface area contributed by atoms with E-state index in [0.717, 1.165) is 12.1 Å². The van der Waals surface area contributed by atoms with E-state index in [1.807, 2.05) is 0 Å². The lowest BCUT2D eigenvalue weighted by atomic mass is 10.1. The summed E-state index contributed by atoms with van der Waals surface area (Å²) in [6.45, 7) is 0. The fourth-order valence-corrected chi connectivity index (χ4v) is 1.23. The van der Waals surface area contributed by atoms with Gasteiger partial charge in [0.1, 0.15) is 0 Å². The number of nitro benzene ring substituents is 1. The van der Waals surface area contributed by atoms with Gasteiger partial charge in [-0.1, -0.05) is 0 Å². The highest BCUT2D eigenvalue weighted by molar-refractivity contribution is 7.80. The van der Waals surface area contributed by atoms with E-state index in [-0.39, 0.29) is 5.11 Å². The van der Waals surface area contributed by atoms with Gasteiger partial charge in [-0.25, -0.2) is 0 Å². The molecule has 92 valence electrons. The summed E-state index contributed by atoms with van der Waals surface area (Å²) in [6.07, 6.45) is -4.74. The van der Waals surface area contributed by atoms with Gasteiger partial charge in [-0.05, 0) is 18.3 Å². The number of rotatable bonds is 2. The monoisotopic (exact) mass is 265 g/mol. The second-order valence-corrected chi connectivity index (χ2v) is 3.41. The fraction of sp³-hybridized carbons (Fsp3) is 0.125. The van der Waals surface area contributed by atoms with Gasteiger partial charge >= 0.3 is 6.18 Å². The average molecular weight is 265 g/mol. The van der Waals surface area contributed by atoms with E-state index in [1.165, 1.54) is 0 Å². The molecule has 0 aliphatic carbocycles. The van der Waals surface area contributed by atoms with Crippen LogP contribution in [-0.2, 0) is 6.18 Å². The molecule has 1 aromatic carbocycles. The number of halogens is 3. The summed E-state index contributed by atoms with van der Waals surface area (Å²) in [5, 5.41) is 12.1. The maximum atomic E-state index is 12.6. The molecule has 3 N–H and O–H groups in total. The number of nitrogens with two attached hydrogens (primary N) is 1. The van der Waals surface area contributed by atoms with Crippen LogP contribution >= 0.6 is 12.2 Å². The number of nitrogens with zero attached hydrogens (tertiary/aromatic N) is 1. The molecule has 0 aliphatic heterocycles. The number of nitrogens with one attached hydrogen (secondary N) is 1. The quantitative estimate of drug-likeness (QED) is 0.487. The molecule has 1 rings (SSSR count). The molecule has 0 atom stereocenters. The lowest BCUT2D eigenvalue weighted by molar-refractivity contribution is -0.385. The van der Waals surface area contributed by atoms with Crippen molar-refractivity contribution < 1.29 is 18.1 Å². The first-order chi connectivity index (χ1) is 7.71. The zero-order valence-corrected chi connectivity index (χ0v) is 8.93. The van der Waals surface area contributed by atoms with Crippen molar-refractivity contribution in [3.8, 4) is 0 Å². The highest BCUT2D eigenvalue weighted by atomic mass is 32.1. The van der Waals surface area contributed by atoms with E-state index < -0.39 is 28.0 Å². The highest BCUT2D eigenvalue weighted by Gasteiger charge is 2.35. The van der Waals surface area contributed by atoms with E-state index >= 15 is 0 Å². The smallest absolute Gasteiger partial charge is 0.376 e. The minimum absolute atomic E-state index is 0.357. The number of thiocarbonyl (C=S) groups is 1. The van der Waals surface area contributed by atoms with Crippen molar-refractivity contribution in [3.63, 3.8) is 0 Å². The lowest BCUT2D eigenvalue weighted by Gasteiger charge is -2.13. The zero-order valence-electron chi connectivity index (χ0n) is 8.12. The number of benzene rings is 1. The molecule has 1 aromatic rings. The van der Waals surface area contributed by atoms with E-state index in [0.29, 0.717) is 6.07 Å². The van der Waals surface area contributed by atoms with Gasteiger partial charge in [-0.2, -0.15) is 13.2 Å². The van der Waals surface area contributed by atoms with Crippen LogP contribution < -0.4 is 11.1 Å². The Morgan fingerprint density at radius 1 is 1.47 bits per heavy atom. The number of hydrogen-bond acceptors (Lipinski definition) is 3. The van der Waals surface area contributed by atoms with Crippen LogP contribution in [0.1, 0.15) is 5.56 Å². The topological polar surface area (TPSA) is 81.2 Å². The molecule has 0 aromatic heterocycles. The van der Waals surface area contributed by atoms with E-state index in [1.54, 1.807) is 0 Å². The van der Waals surface area contributed by atoms with Gasteiger partial charge in [-0.15, -0.1) is 0 Å². The molecular formula is C8H6F3N3O2S. The highest BCUT2D eigenvalue weighted by Crippen LogP contribution is 2.36. The molecule has 0 bridgehead atoms. The van der Waals surface area contributed by atoms with Crippen LogP contribution in [0.5, 0.6) is 0 Å². The third-order valence-electron chi connectivity index (χ3n) is 1.78. The predicted octanol–water partition coefficient (Wildman–Crippen LogP) is 2.27. The summed E-state index contributed by atoms with van der Waals surface area (Å²) in [4.78, 5) is 9.46. The molecule has 0 unspecified atom stereocenters. The first kappa shape index (κ1) is 13.2. The van der Waals surface area contributed by atoms with Crippen LogP contribution in [0.15, 0.2) is 18.2 Å². The van der Waals surface area contributed by atoms with Crippen LogP contribution in [0.25, 0.3) is 0 Å². The molecule has 0 fully saturated rings. The summed E-state index contributed by atoms with van der Waals surface area (Å²) in [7, 11) is 0. The van der Waals surface area contributed by atoms with E-state index in [2.05, 4.69) is 17.5 Å². The second kappa shape index (κ2) is 4.53. The Kier molecular flexibility index (Phi) is 3.51. The van der Waals surface area contributed by atoms with Gasteiger partial charge in [0.2, 0.25) is 0 Å². The molecule has 0 saturated carbocycles. The molecule has 0 heterocycles. The Hall–Kier alpha value is -1.90. The predicted molar refractivity (Wildman–Crippen MR) is 58.5 cm³/mol. The Labute approximate surface area is 98.6 Å². The Balaban J connectivity index is 3.31. The summed E-state index contributed by atoms with van der Waals surface area (Å²) in [6, 6.07) is 2.25. The summed E-state index contributed by atoms with van der Waals surface area (Å²) in [5.41, 5.74) is 2.78. The largest absolute Gasteiger partial charge is 0.418 e. The van der Waals surface area contributed by atoms with Crippen LogP contribution in [0.2, 0.25) is 0 Å². The minimum Gasteiger partial charge on any atom is -0.376 e. The SMILES string of the molecule is NC(=S)Nc1ccc([N+](=O)[O-])cc1C(F)(F)F. The van der Waals surface area contributed by atoms with E-state index in [9.17, 15) is 23.3 Å². The van der Waals surface area contributed by atoms with Gasteiger partial charge in [-0.3, -0.25) is 10.1 Å². The molecule has 5 nitrogen and oxygen atoms in total. The number of non-ortho nitro benzene ring substituents is 1. The Morgan fingerprint density at radius 2 is 2.06 bits per heavy atom. The van der Waals surface area contributed by atoms with Crippen LogP contribution in [-0.4, -0.2) is 10.0 Å². The van der Waals surface area contributed by atoms with Gasteiger partial charge in [0, 0.05) is 12.1 Å². The Morgan fingerprint density at radius 3 is 2.47 bits per heavy atom. The first-order valence-electron chi connectivity index (χ1n) is 4.14. The average Bonchev–Trinajstić information content (AvgIpc) is 2.15. The normalized spacial score (nSPS) is 11.0. The van der Waals surface area contributed by atoms with Gasteiger partial charge in [0.25, 0.3) is 5.69 Å². The Bertz CT molecular complexity index is 476. The van der Waals surface area contributed by atoms with Crippen molar-refractivity contribution in [1.82, 2.24) is 0 Å². The molecule has 9 heteroatoms. The third kappa shape index (κ3) is 3.28. The molecule has 0 radical (unpaired) electrons. The number of hydrogen-bond donors (Lipinski definition) is 2. The third-order valence-corrected chi connectivity index (χ3v) is 1.88. The standard InChI is InChI=1S/C8H6F3N3O2S/c9-8(10,11)5-3-4(14(15)16)1-2-6(5)13-7(12)17/h1-3H,(H3,12,13,17). The van der Waals surface area contributed by atoms with Crippen molar-refractivity contribution in [3.05, 3.63) is 33.9 Å². The first-order valence-corrected chi connectivity index (χ1v) is 4.54. The van der Waals surface area contributed by atoms with Crippen molar-refractivity contribution in [2.75, 3.05) is 5.32 Å². The number of nitro groups is 1. The molecule has 0 spiro atoms. The number of alkyl halides is 3. The maximum Gasteiger partial charge on any atom is 0.418 e. The zero-order chi connectivity index (χ0) is 13.2. The van der Waals surface area contributed by atoms with E-state index in [4.69, 9.17) is 5.73 Å².